The highest BCUT2D eigenvalue weighted by atomic mass is 35.5. The summed E-state index contributed by atoms with van der Waals surface area (Å²) in [5.74, 6) is -0.359. The Balaban J connectivity index is 1.87. The monoisotopic (exact) mass is 346 g/mol. The van der Waals surface area contributed by atoms with Gasteiger partial charge in [0.25, 0.3) is 5.91 Å². The molecule has 2 heterocycles. The van der Waals surface area contributed by atoms with Gasteiger partial charge in [-0.15, -0.1) is 11.3 Å². The minimum Gasteiger partial charge on any atom is -0.348 e. The molecule has 1 amide bonds. The van der Waals surface area contributed by atoms with Crippen molar-refractivity contribution in [2.24, 2.45) is 0 Å². The summed E-state index contributed by atoms with van der Waals surface area (Å²) in [7, 11) is 0. The summed E-state index contributed by atoms with van der Waals surface area (Å²) in [6.45, 7) is 3.03. The van der Waals surface area contributed by atoms with Gasteiger partial charge in [-0.05, 0) is 36.1 Å². The zero-order chi connectivity index (χ0) is 16.4. The van der Waals surface area contributed by atoms with Gasteiger partial charge in [-0.25, -0.2) is 0 Å². The number of benzene rings is 1. The average molecular weight is 347 g/mol. The Kier molecular flexibility index (Phi) is 4.50. The van der Waals surface area contributed by atoms with Crippen molar-refractivity contribution in [3.63, 3.8) is 0 Å². The fourth-order valence-electron chi connectivity index (χ4n) is 2.41. The molecule has 6 heteroatoms. The zero-order valence-corrected chi connectivity index (χ0v) is 14.1. The molecule has 0 atom stereocenters. The van der Waals surface area contributed by atoms with Crippen molar-refractivity contribution in [1.29, 1.82) is 0 Å². The van der Waals surface area contributed by atoms with Crippen molar-refractivity contribution in [3.05, 3.63) is 68.3 Å². The van der Waals surface area contributed by atoms with Crippen molar-refractivity contribution in [3.8, 4) is 0 Å². The average Bonchev–Trinajstić information content (AvgIpc) is 3.05. The van der Waals surface area contributed by atoms with Crippen LogP contribution in [0.2, 0.25) is 5.02 Å². The third-order valence-electron chi connectivity index (χ3n) is 3.64. The van der Waals surface area contributed by atoms with Crippen LogP contribution in [0.1, 0.15) is 22.8 Å². The summed E-state index contributed by atoms with van der Waals surface area (Å²) in [6.07, 6.45) is 1.63. The number of halogens is 1. The highest BCUT2D eigenvalue weighted by Crippen LogP contribution is 2.18. The molecule has 2 aromatic heterocycles. The van der Waals surface area contributed by atoms with E-state index in [1.807, 2.05) is 35.1 Å². The fourth-order valence-corrected chi connectivity index (χ4v) is 3.39. The SMILES string of the molecule is CCn1cc(C(=O)NCc2ccc(Cl)cc2)c(=O)c2sccc21. The van der Waals surface area contributed by atoms with Crippen LogP contribution < -0.4 is 10.7 Å². The maximum absolute atomic E-state index is 12.5. The Hall–Kier alpha value is -2.11. The van der Waals surface area contributed by atoms with Gasteiger partial charge in [0.1, 0.15) is 5.56 Å². The van der Waals surface area contributed by atoms with Gasteiger partial charge in [0.05, 0.1) is 10.2 Å². The van der Waals surface area contributed by atoms with Gasteiger partial charge in [0, 0.05) is 24.3 Å². The first-order valence-corrected chi connectivity index (χ1v) is 8.49. The van der Waals surface area contributed by atoms with Crippen LogP contribution in [0.15, 0.2) is 46.7 Å². The largest absolute Gasteiger partial charge is 0.348 e. The minimum atomic E-state index is -0.359. The Morgan fingerprint density at radius 2 is 2.00 bits per heavy atom. The van der Waals surface area contributed by atoms with Crippen LogP contribution in [-0.2, 0) is 13.1 Å². The third-order valence-corrected chi connectivity index (χ3v) is 4.80. The van der Waals surface area contributed by atoms with E-state index in [2.05, 4.69) is 5.32 Å². The molecule has 3 aromatic rings. The van der Waals surface area contributed by atoms with Crippen LogP contribution in [0, 0.1) is 0 Å². The lowest BCUT2D eigenvalue weighted by atomic mass is 10.2. The Morgan fingerprint density at radius 3 is 2.70 bits per heavy atom. The van der Waals surface area contributed by atoms with E-state index in [9.17, 15) is 9.59 Å². The van der Waals surface area contributed by atoms with Crippen LogP contribution in [0.25, 0.3) is 10.2 Å². The van der Waals surface area contributed by atoms with E-state index in [0.29, 0.717) is 22.8 Å². The molecule has 0 saturated carbocycles. The second kappa shape index (κ2) is 6.56. The van der Waals surface area contributed by atoms with E-state index in [0.717, 1.165) is 11.1 Å². The predicted octanol–water partition coefficient (Wildman–Crippen LogP) is 3.67. The molecule has 0 bridgehead atoms. The van der Waals surface area contributed by atoms with E-state index in [1.54, 1.807) is 18.3 Å². The fraction of sp³-hybridized carbons (Fsp3) is 0.176. The number of carbonyl (C=O) groups is 1. The number of rotatable bonds is 4. The first-order chi connectivity index (χ1) is 11.1. The molecule has 3 rings (SSSR count). The first-order valence-electron chi connectivity index (χ1n) is 7.23. The molecular weight excluding hydrogens is 332 g/mol. The topological polar surface area (TPSA) is 51.1 Å². The number of fused-ring (bicyclic) bond motifs is 1. The third kappa shape index (κ3) is 3.16. The standard InChI is InChI=1S/C17H15ClN2O2S/c1-2-20-10-13(15(21)16-14(20)7-8-23-16)17(22)19-9-11-3-5-12(18)6-4-11/h3-8,10H,2,9H2,1H3,(H,19,22). The summed E-state index contributed by atoms with van der Waals surface area (Å²) >= 11 is 7.20. The van der Waals surface area contributed by atoms with E-state index < -0.39 is 0 Å². The molecule has 0 unspecified atom stereocenters. The number of nitrogens with one attached hydrogen (secondary N) is 1. The van der Waals surface area contributed by atoms with Crippen LogP contribution >= 0.6 is 22.9 Å². The predicted molar refractivity (Wildman–Crippen MR) is 94.4 cm³/mol. The molecule has 1 N–H and O–H groups in total. The maximum atomic E-state index is 12.5. The molecule has 1 aromatic carbocycles. The number of aryl methyl sites for hydroxylation is 1. The van der Waals surface area contributed by atoms with Crippen LogP contribution in [0.3, 0.4) is 0 Å². The van der Waals surface area contributed by atoms with Crippen molar-refractivity contribution in [1.82, 2.24) is 9.88 Å². The highest BCUT2D eigenvalue weighted by molar-refractivity contribution is 7.17. The lowest BCUT2D eigenvalue weighted by molar-refractivity contribution is 0.0949. The Bertz CT molecular complexity index is 912. The summed E-state index contributed by atoms with van der Waals surface area (Å²) in [5, 5.41) is 5.31. The Morgan fingerprint density at radius 1 is 1.26 bits per heavy atom. The molecule has 0 aliphatic heterocycles. The molecule has 4 nitrogen and oxygen atoms in total. The lowest BCUT2D eigenvalue weighted by Crippen LogP contribution is -2.29. The number of pyridine rings is 1. The van der Waals surface area contributed by atoms with Crippen LogP contribution in [0.4, 0.5) is 0 Å². The van der Waals surface area contributed by atoms with Crippen molar-refractivity contribution >= 4 is 39.1 Å². The Labute approximate surface area is 142 Å². The van der Waals surface area contributed by atoms with Crippen molar-refractivity contribution < 1.29 is 4.79 Å². The van der Waals surface area contributed by atoms with Gasteiger partial charge in [0.2, 0.25) is 5.43 Å². The molecule has 118 valence electrons. The molecule has 0 fully saturated rings. The van der Waals surface area contributed by atoms with Gasteiger partial charge in [-0.1, -0.05) is 23.7 Å². The molecule has 0 aliphatic rings. The normalized spacial score (nSPS) is 10.9. The molecule has 0 radical (unpaired) electrons. The molecule has 0 spiro atoms. The quantitative estimate of drug-likeness (QED) is 0.783. The van der Waals surface area contributed by atoms with E-state index >= 15 is 0 Å². The van der Waals surface area contributed by atoms with Gasteiger partial charge in [-0.3, -0.25) is 9.59 Å². The van der Waals surface area contributed by atoms with Crippen LogP contribution in [0.5, 0.6) is 0 Å². The van der Waals surface area contributed by atoms with Gasteiger partial charge in [-0.2, -0.15) is 0 Å². The van der Waals surface area contributed by atoms with Gasteiger partial charge < -0.3 is 9.88 Å². The summed E-state index contributed by atoms with van der Waals surface area (Å²) in [5.41, 5.74) is 1.76. The van der Waals surface area contributed by atoms with Crippen molar-refractivity contribution in [2.75, 3.05) is 0 Å². The maximum Gasteiger partial charge on any atom is 0.257 e. The number of amides is 1. The molecular formula is C17H15ClN2O2S. The zero-order valence-electron chi connectivity index (χ0n) is 12.5. The van der Waals surface area contributed by atoms with Crippen LogP contribution in [-0.4, -0.2) is 10.5 Å². The highest BCUT2D eigenvalue weighted by Gasteiger charge is 2.15. The summed E-state index contributed by atoms with van der Waals surface area (Å²) in [6, 6.07) is 9.13. The molecule has 23 heavy (non-hydrogen) atoms. The minimum absolute atomic E-state index is 0.177. The molecule has 0 aliphatic carbocycles. The smallest absolute Gasteiger partial charge is 0.257 e. The van der Waals surface area contributed by atoms with E-state index in [-0.39, 0.29) is 16.9 Å². The summed E-state index contributed by atoms with van der Waals surface area (Å²) < 4.78 is 2.54. The number of hydrogen-bond donors (Lipinski definition) is 1. The lowest BCUT2D eigenvalue weighted by Gasteiger charge is -2.09. The van der Waals surface area contributed by atoms with Gasteiger partial charge in [0.15, 0.2) is 0 Å². The first kappa shape index (κ1) is 15.8. The number of aromatic nitrogens is 1. The second-order valence-corrected chi connectivity index (χ2v) is 6.45. The van der Waals surface area contributed by atoms with Gasteiger partial charge >= 0.3 is 0 Å². The number of thiophene rings is 1. The number of hydrogen-bond acceptors (Lipinski definition) is 3. The second-order valence-electron chi connectivity index (χ2n) is 5.10. The number of nitrogens with zero attached hydrogens (tertiary/aromatic N) is 1. The molecule has 0 saturated heterocycles. The van der Waals surface area contributed by atoms with Crippen molar-refractivity contribution in [2.45, 2.75) is 20.0 Å². The number of carbonyl (C=O) groups excluding carboxylic acids is 1. The van der Waals surface area contributed by atoms with E-state index in [4.69, 9.17) is 11.6 Å². The summed E-state index contributed by atoms with van der Waals surface area (Å²) in [4.78, 5) is 24.9. The van der Waals surface area contributed by atoms with E-state index in [1.165, 1.54) is 11.3 Å².